The van der Waals surface area contributed by atoms with Gasteiger partial charge in [0.15, 0.2) is 0 Å². The molecule has 19 heavy (non-hydrogen) atoms. The van der Waals surface area contributed by atoms with E-state index in [1.165, 1.54) is 38.5 Å². The van der Waals surface area contributed by atoms with Crippen LogP contribution in [0.25, 0.3) is 0 Å². The molecule has 0 aromatic heterocycles. The second-order valence-electron chi connectivity index (χ2n) is 9.65. The van der Waals surface area contributed by atoms with Crippen molar-refractivity contribution in [1.82, 2.24) is 0 Å². The summed E-state index contributed by atoms with van der Waals surface area (Å²) in [6.45, 7) is 0. The van der Waals surface area contributed by atoms with Crippen molar-refractivity contribution in [2.75, 3.05) is 0 Å². The maximum absolute atomic E-state index is 11.7. The summed E-state index contributed by atoms with van der Waals surface area (Å²) < 4.78 is 0. The van der Waals surface area contributed by atoms with Crippen molar-refractivity contribution < 1.29 is 5.11 Å². The molecule has 1 N–H and O–H groups in total. The van der Waals surface area contributed by atoms with Crippen LogP contribution in [0.15, 0.2) is 0 Å². The van der Waals surface area contributed by atoms with Crippen LogP contribution in [0.2, 0.25) is 0 Å². The van der Waals surface area contributed by atoms with Gasteiger partial charge < -0.3 is 5.11 Å². The van der Waals surface area contributed by atoms with Gasteiger partial charge in [-0.3, -0.25) is 0 Å². The van der Waals surface area contributed by atoms with Crippen LogP contribution in [-0.4, -0.2) is 10.7 Å². The standard InChI is InChI=1S/C18H24O/c19-18-10-3-9(4-10)17-7-8-1-13-12(14(2-8)16(17)18)5-11(18)6-15(13)17/h8-16,19H,1-7H2/t8-,9?,10?,11?,12?,13+,14-,15?,16?,17-,18?/m0/s1. The molecule has 0 amide bonds. The molecule has 1 nitrogen and oxygen atoms in total. The SMILES string of the molecule is OC12C3CC(C3)[C@@]34C[C@H]5C[C@@H]6C(CC1CC63)[C@H](C5)C24. The summed E-state index contributed by atoms with van der Waals surface area (Å²) in [6, 6.07) is 0. The lowest BCUT2D eigenvalue weighted by atomic mass is 9.20. The Morgan fingerprint density at radius 1 is 0.737 bits per heavy atom. The molecule has 0 saturated heterocycles. The molecule has 10 fully saturated rings. The van der Waals surface area contributed by atoms with E-state index in [1.54, 1.807) is 6.42 Å². The summed E-state index contributed by atoms with van der Waals surface area (Å²) in [5, 5.41) is 11.7. The fourth-order valence-electron chi connectivity index (χ4n) is 9.98. The highest BCUT2D eigenvalue weighted by Gasteiger charge is 2.83. The molecule has 0 radical (unpaired) electrons. The van der Waals surface area contributed by atoms with E-state index < -0.39 is 0 Å². The summed E-state index contributed by atoms with van der Waals surface area (Å²) in [6.07, 6.45) is 10.3. The first kappa shape index (κ1) is 9.82. The van der Waals surface area contributed by atoms with Gasteiger partial charge >= 0.3 is 0 Å². The zero-order valence-corrected chi connectivity index (χ0v) is 11.6. The Morgan fingerprint density at radius 3 is 2.42 bits per heavy atom. The molecule has 0 aromatic rings. The van der Waals surface area contributed by atoms with E-state index in [2.05, 4.69) is 0 Å². The third-order valence-electron chi connectivity index (χ3n) is 9.97. The van der Waals surface area contributed by atoms with E-state index in [0.29, 0.717) is 11.3 Å². The lowest BCUT2D eigenvalue weighted by molar-refractivity contribution is -0.404. The van der Waals surface area contributed by atoms with Gasteiger partial charge in [-0.25, -0.2) is 0 Å². The maximum Gasteiger partial charge on any atom is 0.0740 e. The maximum atomic E-state index is 11.7. The first-order valence-corrected chi connectivity index (χ1v) is 8.95. The number of hydrogen-bond acceptors (Lipinski definition) is 1. The normalized spacial score (nSPS) is 80.4. The number of hydrogen-bond donors (Lipinski definition) is 1. The number of rotatable bonds is 0. The molecule has 11 bridgehead atoms. The van der Waals surface area contributed by atoms with Gasteiger partial charge in [0.05, 0.1) is 5.60 Å². The molecule has 9 atom stereocenters. The summed E-state index contributed by atoms with van der Waals surface area (Å²) in [5.74, 6) is 8.49. The van der Waals surface area contributed by atoms with Crippen molar-refractivity contribution in [2.45, 2.75) is 50.5 Å². The molecule has 1 heteroatoms. The smallest absolute Gasteiger partial charge is 0.0740 e. The molecule has 1 spiro atoms. The van der Waals surface area contributed by atoms with Gasteiger partial charge in [-0.1, -0.05) is 0 Å². The predicted octanol–water partition coefficient (Wildman–Crippen LogP) is 3.08. The Labute approximate surface area is 115 Å². The Balaban J connectivity index is 1.58. The molecule has 0 aromatic carbocycles. The highest BCUT2D eigenvalue weighted by atomic mass is 16.3. The van der Waals surface area contributed by atoms with Crippen LogP contribution in [0.3, 0.4) is 0 Å². The summed E-state index contributed by atoms with van der Waals surface area (Å²) in [7, 11) is 0. The van der Waals surface area contributed by atoms with E-state index in [-0.39, 0.29) is 5.60 Å². The monoisotopic (exact) mass is 256 g/mol. The molecule has 10 aliphatic rings. The number of aliphatic hydroxyl groups is 1. The quantitative estimate of drug-likeness (QED) is 0.706. The van der Waals surface area contributed by atoms with E-state index >= 15 is 0 Å². The van der Waals surface area contributed by atoms with E-state index in [9.17, 15) is 5.11 Å². The minimum atomic E-state index is -0.181. The van der Waals surface area contributed by atoms with Crippen LogP contribution in [0.5, 0.6) is 0 Å². The van der Waals surface area contributed by atoms with Crippen LogP contribution in [0.1, 0.15) is 44.9 Å². The summed E-state index contributed by atoms with van der Waals surface area (Å²) >= 11 is 0. The van der Waals surface area contributed by atoms with Crippen molar-refractivity contribution in [3.05, 3.63) is 0 Å². The van der Waals surface area contributed by atoms with Gasteiger partial charge in [0.25, 0.3) is 0 Å². The highest BCUT2D eigenvalue weighted by Crippen LogP contribution is 2.85. The molecule has 0 heterocycles. The first-order valence-electron chi connectivity index (χ1n) is 8.95. The van der Waals surface area contributed by atoms with Gasteiger partial charge in [0, 0.05) is 0 Å². The lowest BCUT2D eigenvalue weighted by Crippen LogP contribution is -2.83. The van der Waals surface area contributed by atoms with Crippen molar-refractivity contribution in [2.24, 2.45) is 58.7 Å². The second kappa shape index (κ2) is 2.45. The molecule has 5 unspecified atom stereocenters. The van der Waals surface area contributed by atoms with E-state index in [4.69, 9.17) is 0 Å². The van der Waals surface area contributed by atoms with Crippen LogP contribution in [0.4, 0.5) is 0 Å². The zero-order valence-electron chi connectivity index (χ0n) is 11.6. The summed E-state index contributed by atoms with van der Waals surface area (Å²) in [5.41, 5.74) is 0.479. The van der Waals surface area contributed by atoms with Crippen molar-refractivity contribution in [3.63, 3.8) is 0 Å². The molecular weight excluding hydrogens is 232 g/mol. The fraction of sp³-hybridized carbons (Fsp3) is 1.00. The van der Waals surface area contributed by atoms with Crippen molar-refractivity contribution in [3.8, 4) is 0 Å². The topological polar surface area (TPSA) is 20.2 Å². The van der Waals surface area contributed by atoms with Crippen molar-refractivity contribution in [1.29, 1.82) is 0 Å². The fourth-order valence-corrected chi connectivity index (χ4v) is 9.98. The third-order valence-corrected chi connectivity index (χ3v) is 9.97. The average molecular weight is 256 g/mol. The molecule has 102 valence electrons. The first-order chi connectivity index (χ1) is 9.23. The zero-order chi connectivity index (χ0) is 12.1. The van der Waals surface area contributed by atoms with Gasteiger partial charge in [-0.05, 0) is 104 Å². The highest BCUT2D eigenvalue weighted by molar-refractivity contribution is 5.31. The van der Waals surface area contributed by atoms with Gasteiger partial charge in [0.1, 0.15) is 0 Å². The average Bonchev–Trinajstić information content (AvgIpc) is 2.33. The minimum absolute atomic E-state index is 0.181. The van der Waals surface area contributed by atoms with Gasteiger partial charge in [0.2, 0.25) is 0 Å². The molecule has 10 aliphatic carbocycles. The van der Waals surface area contributed by atoms with E-state index in [1.807, 2.05) is 0 Å². The van der Waals surface area contributed by atoms with Crippen LogP contribution in [-0.2, 0) is 0 Å². The second-order valence-corrected chi connectivity index (χ2v) is 9.65. The minimum Gasteiger partial charge on any atom is -0.389 e. The van der Waals surface area contributed by atoms with Crippen LogP contribution >= 0.6 is 0 Å². The molecule has 10 saturated carbocycles. The van der Waals surface area contributed by atoms with Gasteiger partial charge in [-0.15, -0.1) is 0 Å². The molecular formula is C18H24O. The van der Waals surface area contributed by atoms with Gasteiger partial charge in [-0.2, -0.15) is 0 Å². The third kappa shape index (κ3) is 0.698. The Bertz CT molecular complexity index is 508. The van der Waals surface area contributed by atoms with E-state index in [0.717, 1.165) is 47.3 Å². The Hall–Kier alpha value is -0.0400. The predicted molar refractivity (Wildman–Crippen MR) is 71.1 cm³/mol. The Kier molecular flexibility index (Phi) is 1.26. The van der Waals surface area contributed by atoms with Crippen molar-refractivity contribution >= 4 is 0 Å². The lowest BCUT2D eigenvalue weighted by Gasteiger charge is -2.85. The molecule has 0 aliphatic heterocycles. The Morgan fingerprint density at radius 2 is 1.53 bits per heavy atom. The largest absolute Gasteiger partial charge is 0.389 e. The molecule has 10 rings (SSSR count). The van der Waals surface area contributed by atoms with Crippen LogP contribution < -0.4 is 0 Å². The summed E-state index contributed by atoms with van der Waals surface area (Å²) in [4.78, 5) is 0. The van der Waals surface area contributed by atoms with Crippen LogP contribution in [0, 0.1) is 58.7 Å².